The number of amides is 2. The third-order valence-electron chi connectivity index (χ3n) is 16.5. The quantitative estimate of drug-likeness (QED) is 0.0181. The highest BCUT2D eigenvalue weighted by atomic mass is 32.2. The summed E-state index contributed by atoms with van der Waals surface area (Å²) in [5.74, 6) is -0.193. The van der Waals surface area contributed by atoms with E-state index in [0.717, 1.165) is 52.3 Å². The fourth-order valence-corrected chi connectivity index (χ4v) is 12.8. The van der Waals surface area contributed by atoms with E-state index in [1.165, 1.54) is 0 Å². The van der Waals surface area contributed by atoms with Crippen LogP contribution in [0.1, 0.15) is 104 Å². The second-order valence-electron chi connectivity index (χ2n) is 22.7. The molecular formula is C58H75N4O19S2+. The predicted octanol–water partition coefficient (Wildman–Crippen LogP) is 2.09. The Kier molecular flexibility index (Phi) is 20.3. The van der Waals surface area contributed by atoms with Crippen LogP contribution in [0.5, 0.6) is 5.75 Å². The molecule has 8 rings (SSSR count). The number of nitrogens with one attached hydrogen (secondary N) is 2. The molecule has 8 unspecified atom stereocenters. The van der Waals surface area contributed by atoms with E-state index < -0.39 is 112 Å². The van der Waals surface area contributed by atoms with Gasteiger partial charge in [-0.15, -0.1) is 4.33 Å². The maximum Gasteiger partial charge on any atom is 0.264 e. The zero-order valence-corrected chi connectivity index (χ0v) is 47.9. The highest BCUT2D eigenvalue weighted by Gasteiger charge is 2.51. The van der Waals surface area contributed by atoms with Crippen LogP contribution < -0.4 is 20.3 Å². The molecule has 23 nitrogen and oxygen atoms in total. The van der Waals surface area contributed by atoms with Crippen LogP contribution in [-0.2, 0) is 30.3 Å². The molecule has 452 valence electrons. The number of hydrogen-bond donors (Lipinski definition) is 14. The summed E-state index contributed by atoms with van der Waals surface area (Å²) < 4.78 is 46.5. The van der Waals surface area contributed by atoms with Gasteiger partial charge in [0, 0.05) is 76.4 Å². The molecule has 2 heterocycles. The van der Waals surface area contributed by atoms with Gasteiger partial charge >= 0.3 is 0 Å². The number of rotatable bonds is 21. The van der Waals surface area contributed by atoms with Crippen molar-refractivity contribution in [2.45, 2.75) is 157 Å². The number of benzene rings is 3. The molecule has 0 saturated heterocycles. The van der Waals surface area contributed by atoms with Crippen molar-refractivity contribution in [3.05, 3.63) is 136 Å². The summed E-state index contributed by atoms with van der Waals surface area (Å²) in [4.78, 5) is 29.9. The van der Waals surface area contributed by atoms with Crippen molar-refractivity contribution in [3.8, 4) is 5.75 Å². The minimum absolute atomic E-state index is 0.126. The minimum Gasteiger partial charge on any atom is -0.457 e. The van der Waals surface area contributed by atoms with Crippen molar-refractivity contribution < 1.29 is 97.6 Å². The number of unbranched alkanes of at least 4 members (excludes halogenated alkanes) is 2. The lowest BCUT2D eigenvalue weighted by Crippen LogP contribution is -2.68. The van der Waals surface area contributed by atoms with Crippen molar-refractivity contribution in [3.63, 3.8) is 0 Å². The van der Waals surface area contributed by atoms with E-state index in [2.05, 4.69) is 24.9 Å². The van der Waals surface area contributed by atoms with Crippen LogP contribution in [-0.4, -0.2) is 189 Å². The number of carbonyl (C=O) groups is 2. The fraction of sp³-hybridized carbons (Fsp3) is 0.500. The molecule has 2 aliphatic heterocycles. The van der Waals surface area contributed by atoms with Gasteiger partial charge in [0.25, 0.3) is 21.9 Å². The molecule has 14 N–H and O–H groups in total. The van der Waals surface area contributed by atoms with Gasteiger partial charge in [0.1, 0.15) is 79.1 Å². The van der Waals surface area contributed by atoms with Crippen molar-refractivity contribution in [2.24, 2.45) is 0 Å². The Balaban J connectivity index is 1.15. The number of carbonyl (C=O) groups excluding carboxylic acids is 2. The number of aliphatic hydroxyl groups is 10. The third kappa shape index (κ3) is 13.7. The summed E-state index contributed by atoms with van der Waals surface area (Å²) in [7, 11) is -4.24. The largest absolute Gasteiger partial charge is 0.457 e. The smallest absolute Gasteiger partial charge is 0.264 e. The summed E-state index contributed by atoms with van der Waals surface area (Å²) in [6.45, 7) is 8.81. The lowest BCUT2D eigenvalue weighted by Gasteiger charge is -2.42. The van der Waals surface area contributed by atoms with Gasteiger partial charge in [0.15, 0.2) is 5.71 Å². The average Bonchev–Trinajstić information content (AvgIpc) is 2.12. The van der Waals surface area contributed by atoms with Gasteiger partial charge < -0.3 is 71.3 Å². The number of allylic oxidation sites excluding steroid dienone is 7. The highest BCUT2D eigenvalue weighted by Crippen LogP contribution is 2.49. The topological polar surface area (TPSA) is 369 Å². The van der Waals surface area contributed by atoms with Gasteiger partial charge in [-0.25, -0.2) is 5.26 Å². The van der Waals surface area contributed by atoms with Crippen LogP contribution in [0, 0.1) is 0 Å². The molecule has 8 atom stereocenters. The van der Waals surface area contributed by atoms with Gasteiger partial charge in [-0.2, -0.15) is 13.0 Å². The van der Waals surface area contributed by atoms with Gasteiger partial charge in [0.2, 0.25) is 5.69 Å². The normalized spacial score (nSPS) is 29.6. The van der Waals surface area contributed by atoms with E-state index >= 15 is 0 Å². The number of aliphatic hydroxyl groups excluding tert-OH is 10. The van der Waals surface area contributed by atoms with Crippen molar-refractivity contribution in [1.82, 2.24) is 10.6 Å². The molecule has 2 fully saturated rings. The second kappa shape index (κ2) is 26.5. The first-order chi connectivity index (χ1) is 39.3. The molecule has 0 spiro atoms. The maximum absolute atomic E-state index is 13.9. The summed E-state index contributed by atoms with van der Waals surface area (Å²) >= 11 is 0.948. The average molecular weight is 1200 g/mol. The van der Waals surface area contributed by atoms with Crippen LogP contribution in [0.15, 0.2) is 114 Å². The van der Waals surface area contributed by atoms with E-state index in [9.17, 15) is 73.6 Å². The summed E-state index contributed by atoms with van der Waals surface area (Å²) in [5.41, 5.74) is 5.11. The molecule has 0 bridgehead atoms. The standard InChI is InChI=1S/C58H74N4O19S2/c1-57(2)36-29-33(55(73)59-42-44(63)48(67)52(71)49(68)45(42)64)17-21-38(36)61(25-8-10-27-82-81-80-75)40(57)23-19-31-13-12-14-32(54(31)79-35-15-6-5-7-16-35)20-24-41-58(3,4)37-30-34(18-22-39(37)62(41)26-9-11-28-83(76,77)78)56(74)60-43-46(65)50(69)53(72)51(70)47(43)66/h5-7,15-24,29-30,42-53,63-72H,8-14,25-28H2,1-4H3,(H3-,59,60,73,74,75,76,77,78)/p+1. The monoisotopic (exact) mass is 1200 g/mol. The number of fused-ring (bicyclic) bond motifs is 2. The van der Waals surface area contributed by atoms with E-state index in [1.54, 1.807) is 36.4 Å². The van der Waals surface area contributed by atoms with Crippen LogP contribution in [0.25, 0.3) is 0 Å². The maximum atomic E-state index is 13.9. The fourth-order valence-electron chi connectivity index (χ4n) is 11.8. The molecule has 2 saturated carbocycles. The molecule has 5 aliphatic rings. The summed E-state index contributed by atoms with van der Waals surface area (Å²) in [6.07, 6.45) is -6.41. The van der Waals surface area contributed by atoms with Gasteiger partial charge in [0.05, 0.1) is 23.3 Å². The molecule has 3 aliphatic carbocycles. The molecule has 0 aromatic heterocycles. The van der Waals surface area contributed by atoms with E-state index in [4.69, 9.17) is 9.99 Å². The van der Waals surface area contributed by atoms with E-state index in [-0.39, 0.29) is 17.5 Å². The Bertz CT molecular complexity index is 3100. The van der Waals surface area contributed by atoms with Gasteiger partial charge in [-0.3, -0.25) is 14.1 Å². The first kappa shape index (κ1) is 63.6. The molecule has 83 heavy (non-hydrogen) atoms. The lowest BCUT2D eigenvalue weighted by molar-refractivity contribution is -0.438. The minimum atomic E-state index is -4.24. The molecule has 3 aromatic carbocycles. The molecular weight excluding hydrogens is 1120 g/mol. The van der Waals surface area contributed by atoms with Gasteiger partial charge in [-0.1, -0.05) is 43.2 Å². The lowest BCUT2D eigenvalue weighted by atomic mass is 9.80. The number of ether oxygens (including phenoxy) is 1. The Morgan fingerprint density at radius 2 is 1.25 bits per heavy atom. The Labute approximate surface area is 485 Å². The molecule has 3 aromatic rings. The number of nitrogens with zero attached hydrogens (tertiary/aromatic N) is 2. The Hall–Kier alpha value is -5.43. The number of para-hydroxylation sites is 1. The first-order valence-corrected chi connectivity index (χ1v) is 30.0. The number of hydrogen-bond acceptors (Lipinski definition) is 20. The van der Waals surface area contributed by atoms with Crippen LogP contribution in [0.3, 0.4) is 0 Å². The first-order valence-electron chi connectivity index (χ1n) is 27.5. The summed E-state index contributed by atoms with van der Waals surface area (Å²) in [6, 6.07) is 16.3. The van der Waals surface area contributed by atoms with Crippen molar-refractivity contribution in [2.75, 3.05) is 29.5 Å². The SMILES string of the molecule is CC1(C)C(/C=C/C2=C(Oc3ccccc3)C(=C/C=C3/N(CCCCSOOO)c4ccc(C(=O)NC5C(O)C(O)C(O)C(O)C5O)cc4C3(C)C)/CCC2)=[N+](CCCCS(=O)(=O)O)c2ccc(C(=O)NC3C(O)C(O)C(O)C(O)C3O)cc21. The molecule has 2 amide bonds. The third-order valence-corrected chi connectivity index (χ3v) is 17.9. The second-order valence-corrected chi connectivity index (χ2v) is 25.0. The van der Waals surface area contributed by atoms with Crippen LogP contribution in [0.2, 0.25) is 0 Å². The van der Waals surface area contributed by atoms with E-state index in [1.807, 2.05) is 86.9 Å². The van der Waals surface area contributed by atoms with Crippen molar-refractivity contribution >= 4 is 51.1 Å². The zero-order valence-electron chi connectivity index (χ0n) is 46.3. The highest BCUT2D eigenvalue weighted by molar-refractivity contribution is 7.94. The van der Waals surface area contributed by atoms with Crippen LogP contribution >= 0.6 is 12.0 Å². The van der Waals surface area contributed by atoms with Gasteiger partial charge in [-0.05, 0) is 124 Å². The Morgan fingerprint density at radius 3 is 1.83 bits per heavy atom. The van der Waals surface area contributed by atoms with Crippen molar-refractivity contribution in [1.29, 1.82) is 0 Å². The zero-order chi connectivity index (χ0) is 60.3. The molecule has 0 radical (unpaired) electrons. The predicted molar refractivity (Wildman–Crippen MR) is 304 cm³/mol. The Morgan fingerprint density at radius 1 is 0.687 bits per heavy atom. The summed E-state index contributed by atoms with van der Waals surface area (Å²) in [5, 5.41) is 122. The van der Waals surface area contributed by atoms with Crippen LogP contribution in [0.4, 0.5) is 11.4 Å². The van der Waals surface area contributed by atoms with E-state index in [0.29, 0.717) is 73.7 Å². The molecule has 25 heteroatoms. The number of anilines is 1.